The van der Waals surface area contributed by atoms with Gasteiger partial charge in [-0.05, 0) is 30.2 Å². The van der Waals surface area contributed by atoms with Gasteiger partial charge >= 0.3 is 12.1 Å². The van der Waals surface area contributed by atoms with Gasteiger partial charge in [0.15, 0.2) is 11.5 Å². The average molecular weight is 546 g/mol. The first-order chi connectivity index (χ1) is 18.0. The molecule has 0 aliphatic rings. The number of nitrogens with one attached hydrogen (secondary N) is 2. The van der Waals surface area contributed by atoms with Crippen LogP contribution in [-0.4, -0.2) is 48.0 Å². The molecule has 0 saturated heterocycles. The zero-order chi connectivity index (χ0) is 27.6. The number of carboxylic acids is 1. The van der Waals surface area contributed by atoms with Crippen LogP contribution in [0.15, 0.2) is 61.1 Å². The lowest BCUT2D eigenvalue weighted by molar-refractivity contribution is -0.192. The standard InChI is InChI=1S/C22H18ClN7O.C2HF3O2/c1-12(27-22(31)18-20(24)29-30-9-5-8-25-21(18)30)14-10-16(23)15-11-26-28-19(15)17(14)13-6-3-2-4-7-13;3-2(4,5)1(6)7/h2-12H,1H3,(H2,24,29)(H,26,28)(H,27,31);(H,6,7). The summed E-state index contributed by atoms with van der Waals surface area (Å²) >= 11 is 6.53. The van der Waals surface area contributed by atoms with Crippen LogP contribution in [0.25, 0.3) is 27.7 Å². The topological polar surface area (TPSA) is 151 Å². The average Bonchev–Trinajstić information content (AvgIpc) is 3.48. The first-order valence-corrected chi connectivity index (χ1v) is 11.3. The van der Waals surface area contributed by atoms with Crippen LogP contribution in [0.4, 0.5) is 19.0 Å². The van der Waals surface area contributed by atoms with Gasteiger partial charge in [0, 0.05) is 23.3 Å². The molecular formula is C24H19ClF3N7O3. The Morgan fingerprint density at radius 2 is 1.89 bits per heavy atom. The maximum atomic E-state index is 13.1. The molecule has 196 valence electrons. The molecule has 1 amide bonds. The van der Waals surface area contributed by atoms with Crippen LogP contribution in [-0.2, 0) is 4.79 Å². The Bertz CT molecular complexity index is 1630. The third-order valence-corrected chi connectivity index (χ3v) is 5.80. The number of alkyl halides is 3. The van der Waals surface area contributed by atoms with E-state index in [1.54, 1.807) is 24.7 Å². The molecule has 0 spiro atoms. The second kappa shape index (κ2) is 10.4. The lowest BCUT2D eigenvalue weighted by Gasteiger charge is -2.19. The maximum Gasteiger partial charge on any atom is 0.490 e. The van der Waals surface area contributed by atoms with Crippen molar-refractivity contribution in [1.82, 2.24) is 30.1 Å². The predicted molar refractivity (Wildman–Crippen MR) is 134 cm³/mol. The van der Waals surface area contributed by atoms with Crippen LogP contribution >= 0.6 is 11.6 Å². The molecule has 1 atom stereocenters. The van der Waals surface area contributed by atoms with Gasteiger partial charge < -0.3 is 16.2 Å². The van der Waals surface area contributed by atoms with E-state index in [1.807, 2.05) is 43.3 Å². The smallest absolute Gasteiger partial charge is 0.475 e. The van der Waals surface area contributed by atoms with E-state index in [9.17, 15) is 18.0 Å². The number of nitrogen functional groups attached to an aromatic ring is 1. The molecule has 0 saturated carbocycles. The summed E-state index contributed by atoms with van der Waals surface area (Å²) in [6, 6.07) is 13.1. The lowest BCUT2D eigenvalue weighted by atomic mass is 9.93. The van der Waals surface area contributed by atoms with Gasteiger partial charge in [-0.15, -0.1) is 5.10 Å². The summed E-state index contributed by atoms with van der Waals surface area (Å²) < 4.78 is 33.2. The number of fused-ring (bicyclic) bond motifs is 2. The van der Waals surface area contributed by atoms with E-state index >= 15 is 0 Å². The number of aromatic amines is 1. The molecule has 38 heavy (non-hydrogen) atoms. The lowest BCUT2D eigenvalue weighted by Crippen LogP contribution is -2.27. The number of amides is 1. The van der Waals surface area contributed by atoms with E-state index in [0.717, 1.165) is 27.6 Å². The van der Waals surface area contributed by atoms with Crippen molar-refractivity contribution in [2.24, 2.45) is 0 Å². The maximum absolute atomic E-state index is 13.1. The summed E-state index contributed by atoms with van der Waals surface area (Å²) in [5.74, 6) is -3.00. The van der Waals surface area contributed by atoms with Gasteiger partial charge in [0.25, 0.3) is 5.91 Å². The summed E-state index contributed by atoms with van der Waals surface area (Å²) in [5.41, 5.74) is 10.2. The van der Waals surface area contributed by atoms with Crippen LogP contribution in [0, 0.1) is 0 Å². The molecule has 0 bridgehead atoms. The molecule has 5 N–H and O–H groups in total. The summed E-state index contributed by atoms with van der Waals surface area (Å²) in [5, 5.41) is 22.9. The predicted octanol–water partition coefficient (Wildman–Crippen LogP) is 4.63. The van der Waals surface area contributed by atoms with E-state index in [0.29, 0.717) is 10.7 Å². The minimum atomic E-state index is -5.08. The molecule has 1 unspecified atom stereocenters. The van der Waals surface area contributed by atoms with Crippen molar-refractivity contribution in [3.05, 3.63) is 77.2 Å². The van der Waals surface area contributed by atoms with Crippen molar-refractivity contribution in [1.29, 1.82) is 0 Å². The Hall–Kier alpha value is -4.65. The Morgan fingerprint density at radius 3 is 2.55 bits per heavy atom. The fraction of sp³-hybridized carbons (Fsp3) is 0.125. The molecule has 0 aliphatic heterocycles. The van der Waals surface area contributed by atoms with E-state index in [2.05, 4.69) is 25.6 Å². The molecule has 14 heteroatoms. The van der Waals surface area contributed by atoms with Crippen molar-refractivity contribution in [3.8, 4) is 11.1 Å². The first-order valence-electron chi connectivity index (χ1n) is 10.9. The second-order valence-corrected chi connectivity index (χ2v) is 8.40. The number of aromatic nitrogens is 5. The Kier molecular flexibility index (Phi) is 7.21. The molecule has 3 aromatic heterocycles. The molecule has 0 radical (unpaired) electrons. The van der Waals surface area contributed by atoms with Crippen molar-refractivity contribution in [2.75, 3.05) is 5.73 Å². The fourth-order valence-electron chi connectivity index (χ4n) is 3.81. The number of carboxylic acid groups (broad SMARTS) is 1. The summed E-state index contributed by atoms with van der Waals surface area (Å²) in [6.45, 7) is 1.90. The van der Waals surface area contributed by atoms with E-state index in [1.165, 1.54) is 4.52 Å². The molecule has 10 nitrogen and oxygen atoms in total. The number of carbonyl (C=O) groups is 2. The van der Waals surface area contributed by atoms with E-state index < -0.39 is 12.1 Å². The molecule has 5 aromatic rings. The Labute approximate surface area is 217 Å². The molecule has 0 fully saturated rings. The number of aliphatic carboxylic acids is 1. The zero-order valence-corrected chi connectivity index (χ0v) is 20.2. The number of nitrogens with zero attached hydrogens (tertiary/aromatic N) is 4. The molecular weight excluding hydrogens is 527 g/mol. The van der Waals surface area contributed by atoms with Gasteiger partial charge in [-0.1, -0.05) is 41.9 Å². The third kappa shape index (κ3) is 5.22. The number of nitrogens with two attached hydrogens (primary N) is 1. The Morgan fingerprint density at radius 1 is 1.21 bits per heavy atom. The number of benzene rings is 2. The first kappa shape index (κ1) is 26.4. The molecule has 2 aromatic carbocycles. The van der Waals surface area contributed by atoms with Crippen LogP contribution in [0.3, 0.4) is 0 Å². The number of halogens is 4. The summed E-state index contributed by atoms with van der Waals surface area (Å²) in [7, 11) is 0. The van der Waals surface area contributed by atoms with Crippen LogP contribution in [0.2, 0.25) is 5.02 Å². The molecule has 3 heterocycles. The highest BCUT2D eigenvalue weighted by atomic mass is 35.5. The van der Waals surface area contributed by atoms with E-state index in [-0.39, 0.29) is 23.3 Å². The van der Waals surface area contributed by atoms with Gasteiger partial charge in [-0.25, -0.2) is 14.3 Å². The number of H-pyrrole nitrogens is 1. The largest absolute Gasteiger partial charge is 0.490 e. The van der Waals surface area contributed by atoms with E-state index in [4.69, 9.17) is 27.2 Å². The fourth-order valence-corrected chi connectivity index (χ4v) is 4.07. The molecule has 5 rings (SSSR count). The number of hydrogen-bond acceptors (Lipinski definition) is 6. The monoisotopic (exact) mass is 545 g/mol. The highest BCUT2D eigenvalue weighted by Gasteiger charge is 2.38. The number of anilines is 1. The normalized spacial score (nSPS) is 12.1. The van der Waals surface area contributed by atoms with Gasteiger partial charge in [-0.2, -0.15) is 18.3 Å². The highest BCUT2D eigenvalue weighted by Crippen LogP contribution is 2.38. The number of rotatable bonds is 4. The van der Waals surface area contributed by atoms with Crippen molar-refractivity contribution in [3.63, 3.8) is 0 Å². The van der Waals surface area contributed by atoms with Gasteiger partial charge in [0.1, 0.15) is 5.56 Å². The van der Waals surface area contributed by atoms with Crippen LogP contribution < -0.4 is 11.1 Å². The van der Waals surface area contributed by atoms with Crippen LogP contribution in [0.5, 0.6) is 0 Å². The van der Waals surface area contributed by atoms with Gasteiger partial charge in [0.2, 0.25) is 0 Å². The minimum Gasteiger partial charge on any atom is -0.475 e. The van der Waals surface area contributed by atoms with Crippen LogP contribution in [0.1, 0.15) is 28.9 Å². The zero-order valence-electron chi connectivity index (χ0n) is 19.5. The highest BCUT2D eigenvalue weighted by molar-refractivity contribution is 6.36. The van der Waals surface area contributed by atoms with Gasteiger partial charge in [0.05, 0.1) is 22.8 Å². The van der Waals surface area contributed by atoms with Crippen molar-refractivity contribution >= 4 is 45.8 Å². The Balaban J connectivity index is 0.000000426. The number of hydrogen-bond donors (Lipinski definition) is 4. The quantitative estimate of drug-likeness (QED) is 0.257. The minimum absolute atomic E-state index is 0.119. The van der Waals surface area contributed by atoms with Gasteiger partial charge in [-0.3, -0.25) is 9.89 Å². The third-order valence-electron chi connectivity index (χ3n) is 5.49. The molecule has 0 aliphatic carbocycles. The summed E-state index contributed by atoms with van der Waals surface area (Å²) in [6.07, 6.45) is -0.100. The summed E-state index contributed by atoms with van der Waals surface area (Å²) in [4.78, 5) is 26.3. The van der Waals surface area contributed by atoms with Crippen molar-refractivity contribution in [2.45, 2.75) is 19.1 Å². The number of carbonyl (C=O) groups excluding carboxylic acids is 1. The SMILES string of the molecule is CC(NC(=O)c1c(N)nn2cccnc12)c1cc(Cl)c2cn[nH]c2c1-c1ccccc1.O=C(O)C(F)(F)F. The second-order valence-electron chi connectivity index (χ2n) is 7.99. The van der Waals surface area contributed by atoms with Crippen molar-refractivity contribution < 1.29 is 27.9 Å².